The molecule has 1 N–H and O–H groups in total. The summed E-state index contributed by atoms with van der Waals surface area (Å²) in [5.74, 6) is -0.266. The molecule has 0 aromatic heterocycles. The summed E-state index contributed by atoms with van der Waals surface area (Å²) in [4.78, 5) is 12.7. The number of hydrogen-bond donors (Lipinski definition) is 1. The number of carbonyl (C=O) groups excluding carboxylic acids is 1. The van der Waals surface area contributed by atoms with E-state index in [0.29, 0.717) is 11.1 Å². The molecule has 1 aliphatic rings. The molecule has 0 radical (unpaired) electrons. The first-order chi connectivity index (χ1) is 11.9. The van der Waals surface area contributed by atoms with Gasteiger partial charge in [-0.05, 0) is 30.9 Å². The first-order valence-electron chi connectivity index (χ1n) is 8.79. The lowest BCUT2D eigenvalue weighted by atomic mass is 10.1. The van der Waals surface area contributed by atoms with Crippen LogP contribution in [0.15, 0.2) is 41.3 Å². The molecule has 0 fully saturated rings. The molecule has 0 spiro atoms. The van der Waals surface area contributed by atoms with E-state index in [9.17, 15) is 13.2 Å². The number of nitrogens with zero attached hydrogens (tertiary/aromatic N) is 1. The topological polar surface area (TPSA) is 66.5 Å². The van der Waals surface area contributed by atoms with Crippen molar-refractivity contribution in [3.05, 3.63) is 36.4 Å². The van der Waals surface area contributed by atoms with Crippen molar-refractivity contribution < 1.29 is 13.2 Å². The third-order valence-corrected chi connectivity index (χ3v) is 6.42. The first-order valence-corrected chi connectivity index (χ1v) is 10.2. The molecule has 25 heavy (non-hydrogen) atoms. The zero-order valence-electron chi connectivity index (χ0n) is 14.7. The van der Waals surface area contributed by atoms with Crippen LogP contribution in [0.1, 0.15) is 39.5 Å². The Labute approximate surface area is 149 Å². The number of sulfonamides is 1. The maximum Gasteiger partial charge on any atom is 0.265 e. The van der Waals surface area contributed by atoms with E-state index >= 15 is 0 Å². The molecule has 1 heterocycles. The van der Waals surface area contributed by atoms with Crippen LogP contribution in [0.25, 0.3) is 10.8 Å². The van der Waals surface area contributed by atoms with Gasteiger partial charge in [-0.15, -0.1) is 0 Å². The molecule has 2 aromatic rings. The number of amides is 1. The predicted molar refractivity (Wildman–Crippen MR) is 100 cm³/mol. The zero-order chi connectivity index (χ0) is 18.0. The maximum atomic E-state index is 12.8. The van der Waals surface area contributed by atoms with Crippen molar-refractivity contribution in [1.29, 1.82) is 0 Å². The highest BCUT2D eigenvalue weighted by molar-refractivity contribution is 7.93. The van der Waals surface area contributed by atoms with Crippen LogP contribution in [0.2, 0.25) is 0 Å². The van der Waals surface area contributed by atoms with Gasteiger partial charge in [0, 0.05) is 11.4 Å². The number of nitrogens with one attached hydrogen (secondary N) is 1. The van der Waals surface area contributed by atoms with Gasteiger partial charge in [0.1, 0.15) is 6.54 Å². The van der Waals surface area contributed by atoms with Gasteiger partial charge in [0.25, 0.3) is 10.0 Å². The number of carbonyl (C=O) groups is 1. The number of unbranched alkanes of at least 4 members (excludes halogenated alkanes) is 2. The molecule has 0 saturated carbocycles. The quantitative estimate of drug-likeness (QED) is 0.769. The largest absolute Gasteiger partial charge is 0.352 e. The standard InChI is InChI=1S/C19H24N2O3S/c1-3-4-5-8-14(2)20-18(22)13-21-16-11-6-9-15-10-7-12-17(19(15)16)25(21,23)24/h6-7,9-12,14H,3-5,8,13H2,1-2H3,(H,20,22)/t14-/m1/s1. The first kappa shape index (κ1) is 17.7. The summed E-state index contributed by atoms with van der Waals surface area (Å²) in [7, 11) is -3.68. The van der Waals surface area contributed by atoms with Gasteiger partial charge < -0.3 is 5.32 Å². The lowest BCUT2D eigenvalue weighted by Crippen LogP contribution is -2.42. The number of hydrogen-bond acceptors (Lipinski definition) is 3. The zero-order valence-corrected chi connectivity index (χ0v) is 15.5. The highest BCUT2D eigenvalue weighted by Crippen LogP contribution is 2.41. The van der Waals surface area contributed by atoms with Crippen LogP contribution < -0.4 is 9.62 Å². The molecule has 2 aromatic carbocycles. The normalized spacial score (nSPS) is 16.2. The maximum absolute atomic E-state index is 12.8. The molecule has 0 bridgehead atoms. The molecule has 1 aliphatic heterocycles. The van der Waals surface area contributed by atoms with Gasteiger partial charge >= 0.3 is 0 Å². The monoisotopic (exact) mass is 360 g/mol. The Morgan fingerprint density at radius 1 is 1.16 bits per heavy atom. The van der Waals surface area contributed by atoms with Crippen LogP contribution >= 0.6 is 0 Å². The minimum Gasteiger partial charge on any atom is -0.352 e. The van der Waals surface area contributed by atoms with E-state index in [1.807, 2.05) is 25.1 Å². The Balaban J connectivity index is 1.78. The van der Waals surface area contributed by atoms with Crippen molar-refractivity contribution in [3.63, 3.8) is 0 Å². The second-order valence-electron chi connectivity index (χ2n) is 6.61. The van der Waals surface area contributed by atoms with Gasteiger partial charge in [-0.2, -0.15) is 0 Å². The molecule has 1 amide bonds. The fraction of sp³-hybridized carbons (Fsp3) is 0.421. The Morgan fingerprint density at radius 3 is 2.60 bits per heavy atom. The molecule has 3 rings (SSSR count). The second kappa shape index (κ2) is 7.04. The van der Waals surface area contributed by atoms with Crippen molar-refractivity contribution in [2.75, 3.05) is 10.8 Å². The summed E-state index contributed by atoms with van der Waals surface area (Å²) in [6.45, 7) is 3.91. The van der Waals surface area contributed by atoms with Crippen molar-refractivity contribution >= 4 is 32.4 Å². The minimum absolute atomic E-state index is 0.0440. The summed E-state index contributed by atoms with van der Waals surface area (Å²) < 4.78 is 26.9. The summed E-state index contributed by atoms with van der Waals surface area (Å²) in [6.07, 6.45) is 4.24. The highest BCUT2D eigenvalue weighted by Gasteiger charge is 2.36. The predicted octanol–water partition coefficient (Wildman–Crippen LogP) is 3.43. The SMILES string of the molecule is CCCCC[C@@H](C)NC(=O)CN1c2cccc3cccc(c23)S1(=O)=O. The average Bonchev–Trinajstić information content (AvgIpc) is 2.79. The van der Waals surface area contributed by atoms with Crippen LogP contribution in [0.4, 0.5) is 5.69 Å². The van der Waals surface area contributed by atoms with Gasteiger partial charge in [-0.25, -0.2) is 8.42 Å². The Bertz CT molecular complexity index is 887. The van der Waals surface area contributed by atoms with Crippen LogP contribution in [0, 0.1) is 0 Å². The summed E-state index contributed by atoms with van der Waals surface area (Å²) in [5, 5.41) is 4.49. The molecule has 0 unspecified atom stereocenters. The van der Waals surface area contributed by atoms with Gasteiger partial charge in [0.15, 0.2) is 0 Å². The van der Waals surface area contributed by atoms with Crippen molar-refractivity contribution in [2.45, 2.75) is 50.5 Å². The fourth-order valence-electron chi connectivity index (χ4n) is 3.35. The van der Waals surface area contributed by atoms with Crippen LogP contribution in [0.5, 0.6) is 0 Å². The molecule has 0 saturated heterocycles. The smallest absolute Gasteiger partial charge is 0.265 e. The molecule has 134 valence electrons. The van der Waals surface area contributed by atoms with Gasteiger partial charge in [-0.3, -0.25) is 9.10 Å². The Kier molecular flexibility index (Phi) is 4.99. The van der Waals surface area contributed by atoms with Gasteiger partial charge in [0.05, 0.1) is 10.6 Å². The third-order valence-electron chi connectivity index (χ3n) is 4.62. The lowest BCUT2D eigenvalue weighted by Gasteiger charge is -2.20. The van der Waals surface area contributed by atoms with Crippen LogP contribution in [-0.4, -0.2) is 26.9 Å². The van der Waals surface area contributed by atoms with Gasteiger partial charge in [-0.1, -0.05) is 50.5 Å². The average molecular weight is 360 g/mol. The van der Waals surface area contributed by atoms with E-state index in [2.05, 4.69) is 12.2 Å². The molecule has 1 atom stereocenters. The second-order valence-corrected chi connectivity index (χ2v) is 8.44. The highest BCUT2D eigenvalue weighted by atomic mass is 32.2. The van der Waals surface area contributed by atoms with Gasteiger partial charge in [0.2, 0.25) is 5.91 Å². The van der Waals surface area contributed by atoms with Crippen molar-refractivity contribution in [3.8, 4) is 0 Å². The lowest BCUT2D eigenvalue weighted by molar-refractivity contribution is -0.120. The van der Waals surface area contributed by atoms with Crippen LogP contribution in [0.3, 0.4) is 0 Å². The number of anilines is 1. The van der Waals surface area contributed by atoms with Crippen LogP contribution in [-0.2, 0) is 14.8 Å². The summed E-state index contributed by atoms with van der Waals surface area (Å²) in [5.41, 5.74) is 0.585. The fourth-order valence-corrected chi connectivity index (χ4v) is 5.02. The summed E-state index contributed by atoms with van der Waals surface area (Å²) in [6, 6.07) is 10.7. The Hall–Kier alpha value is -2.08. The van der Waals surface area contributed by atoms with E-state index < -0.39 is 10.0 Å². The summed E-state index contributed by atoms with van der Waals surface area (Å²) >= 11 is 0. The van der Waals surface area contributed by atoms with E-state index in [4.69, 9.17) is 0 Å². The van der Waals surface area contributed by atoms with E-state index in [1.54, 1.807) is 18.2 Å². The minimum atomic E-state index is -3.68. The molecular weight excluding hydrogens is 336 g/mol. The third kappa shape index (κ3) is 3.35. The molecule has 5 nitrogen and oxygen atoms in total. The molecule has 6 heteroatoms. The number of rotatable bonds is 7. The Morgan fingerprint density at radius 2 is 1.88 bits per heavy atom. The molecule has 0 aliphatic carbocycles. The van der Waals surface area contributed by atoms with E-state index in [-0.39, 0.29) is 23.4 Å². The van der Waals surface area contributed by atoms with E-state index in [1.165, 1.54) is 4.31 Å². The van der Waals surface area contributed by atoms with Crippen molar-refractivity contribution in [1.82, 2.24) is 5.32 Å². The van der Waals surface area contributed by atoms with Crippen molar-refractivity contribution in [2.24, 2.45) is 0 Å². The molecular formula is C19H24N2O3S. The van der Waals surface area contributed by atoms with E-state index in [0.717, 1.165) is 31.1 Å². The number of benzene rings is 2.